The molecule has 0 saturated carbocycles. The normalized spacial score (nSPS) is 12.0. The quantitative estimate of drug-likeness (QED) is 0.111. The van der Waals surface area contributed by atoms with Crippen LogP contribution in [-0.2, 0) is 19.0 Å². The molecule has 7 nitrogen and oxygen atoms in total. The first kappa shape index (κ1) is 33.5. The molecule has 1 atom stereocenters. The van der Waals surface area contributed by atoms with Crippen LogP contribution in [0.4, 0.5) is 17.6 Å². The van der Waals surface area contributed by atoms with Gasteiger partial charge in [-0.05, 0) is 90.9 Å². The van der Waals surface area contributed by atoms with E-state index < -0.39 is 29.3 Å². The number of nitrogens with zero attached hydrogens (tertiary/aromatic N) is 1. The number of alkyl halides is 3. The molecule has 5 rings (SSSR count). The highest BCUT2D eigenvalue weighted by Crippen LogP contribution is 2.29. The number of aromatic nitrogens is 2. The van der Waals surface area contributed by atoms with Crippen molar-refractivity contribution in [1.29, 1.82) is 0 Å². The molecular weight excluding hydrogens is 628 g/mol. The number of aromatic amines is 1. The molecule has 1 unspecified atom stereocenters. The van der Waals surface area contributed by atoms with Crippen molar-refractivity contribution in [1.82, 2.24) is 10.1 Å². The molecule has 48 heavy (non-hydrogen) atoms. The lowest BCUT2D eigenvalue weighted by molar-refractivity contribution is -0.137. The van der Waals surface area contributed by atoms with Gasteiger partial charge in [-0.25, -0.2) is 14.0 Å². The highest BCUT2D eigenvalue weighted by Gasteiger charge is 2.29. The summed E-state index contributed by atoms with van der Waals surface area (Å²) in [5.74, 6) is 4.08. The Morgan fingerprint density at radius 2 is 1.69 bits per heavy atom. The van der Waals surface area contributed by atoms with Gasteiger partial charge in [0.15, 0.2) is 5.82 Å². The summed E-state index contributed by atoms with van der Waals surface area (Å²) in [7, 11) is 0. The fraction of sp³-hybridized carbons (Fsp3) is 0.162. The summed E-state index contributed by atoms with van der Waals surface area (Å²) in [6, 6.07) is 22.7. The molecule has 4 aromatic carbocycles. The maximum absolute atomic E-state index is 14.3. The molecule has 0 amide bonds. The predicted molar refractivity (Wildman–Crippen MR) is 171 cm³/mol. The molecule has 0 spiro atoms. The lowest BCUT2D eigenvalue weighted by Crippen LogP contribution is -2.05. The van der Waals surface area contributed by atoms with Gasteiger partial charge in [-0.3, -0.25) is 9.51 Å². The number of benzene rings is 4. The average Bonchev–Trinajstić information content (AvgIpc) is 3.51. The largest absolute Gasteiger partial charge is 0.480 e. The summed E-state index contributed by atoms with van der Waals surface area (Å²) in [5.41, 5.74) is 2.95. The second-order valence-corrected chi connectivity index (χ2v) is 10.9. The monoisotopic (exact) mass is 656 g/mol. The van der Waals surface area contributed by atoms with Gasteiger partial charge in [0.1, 0.15) is 18.2 Å². The molecule has 11 heteroatoms. The fourth-order valence-corrected chi connectivity index (χ4v) is 4.90. The highest BCUT2D eigenvalue weighted by molar-refractivity contribution is 5.87. The molecule has 0 saturated heterocycles. The topological polar surface area (TPSA) is 105 Å². The van der Waals surface area contributed by atoms with Crippen LogP contribution in [0.25, 0.3) is 17.5 Å². The highest BCUT2D eigenvalue weighted by atomic mass is 19.4. The van der Waals surface area contributed by atoms with Crippen LogP contribution >= 0.6 is 0 Å². The molecule has 1 heterocycles. The summed E-state index contributed by atoms with van der Waals surface area (Å²) in [5, 5.41) is 13.0. The van der Waals surface area contributed by atoms with Gasteiger partial charge in [0.05, 0.1) is 11.1 Å². The lowest BCUT2D eigenvalue weighted by Gasteiger charge is -2.14. The smallest absolute Gasteiger partial charge is 0.439 e. The first-order valence-electron chi connectivity index (χ1n) is 14.8. The predicted octanol–water partition coefficient (Wildman–Crippen LogP) is 7.82. The molecular formula is C37H28F4N2O5. The number of hydrogen-bond acceptors (Lipinski definition) is 5. The number of nitrogens with one attached hydrogen (secondary N) is 1. The Balaban J connectivity index is 1.30. The summed E-state index contributed by atoms with van der Waals surface area (Å²) in [4.78, 5) is 25.1. The lowest BCUT2D eigenvalue weighted by atomic mass is 9.91. The number of carboxylic acid groups (broad SMARTS) is 1. The number of hydrogen-bond donors (Lipinski definition) is 2. The molecule has 2 N–H and O–H groups in total. The average molecular weight is 657 g/mol. The molecule has 0 radical (unpaired) electrons. The summed E-state index contributed by atoms with van der Waals surface area (Å²) >= 11 is 0. The minimum Gasteiger partial charge on any atom is -0.480 e. The van der Waals surface area contributed by atoms with Crippen molar-refractivity contribution in [2.45, 2.75) is 25.4 Å². The van der Waals surface area contributed by atoms with Crippen molar-refractivity contribution in [3.63, 3.8) is 0 Å². The second kappa shape index (κ2) is 15.1. The van der Waals surface area contributed by atoms with Crippen molar-refractivity contribution < 1.29 is 36.7 Å². The third-order valence-corrected chi connectivity index (χ3v) is 7.43. The molecule has 0 aliphatic rings. The Bertz CT molecular complexity index is 2000. The third-order valence-electron chi connectivity index (χ3n) is 7.43. The van der Waals surface area contributed by atoms with E-state index in [2.05, 4.69) is 26.5 Å². The zero-order valence-electron chi connectivity index (χ0n) is 25.3. The van der Waals surface area contributed by atoms with Crippen LogP contribution < -0.4 is 10.5 Å². The van der Waals surface area contributed by atoms with Gasteiger partial charge < -0.3 is 9.84 Å². The Morgan fingerprint density at radius 1 is 0.979 bits per heavy atom. The number of carboxylic acids is 1. The van der Waals surface area contributed by atoms with Crippen LogP contribution in [0.1, 0.15) is 44.6 Å². The van der Waals surface area contributed by atoms with Crippen LogP contribution in [0.2, 0.25) is 0 Å². The zero-order chi connectivity index (χ0) is 34.1. The maximum atomic E-state index is 14.3. The van der Waals surface area contributed by atoms with Gasteiger partial charge >= 0.3 is 17.9 Å². The number of aryl methyl sites for hydroxylation is 1. The van der Waals surface area contributed by atoms with Crippen molar-refractivity contribution in [3.8, 4) is 29.0 Å². The molecule has 244 valence electrons. The first-order chi connectivity index (χ1) is 23.0. The first-order valence-corrected chi connectivity index (χ1v) is 14.8. The van der Waals surface area contributed by atoms with E-state index >= 15 is 0 Å². The summed E-state index contributed by atoms with van der Waals surface area (Å²) in [6.07, 6.45) is 1.25. The van der Waals surface area contributed by atoms with Gasteiger partial charge in [-0.2, -0.15) is 13.2 Å². The van der Waals surface area contributed by atoms with Crippen molar-refractivity contribution in [2.75, 3.05) is 6.61 Å². The van der Waals surface area contributed by atoms with Crippen molar-refractivity contribution in [2.24, 2.45) is 5.92 Å². The van der Waals surface area contributed by atoms with Gasteiger partial charge in [-0.15, -0.1) is 0 Å². The van der Waals surface area contributed by atoms with E-state index in [-0.39, 0.29) is 18.1 Å². The summed E-state index contributed by atoms with van der Waals surface area (Å²) < 4.78 is 63.1. The van der Waals surface area contributed by atoms with Gasteiger partial charge in [0, 0.05) is 16.7 Å². The molecule has 0 aliphatic heterocycles. The van der Waals surface area contributed by atoms with Crippen LogP contribution in [0.15, 0.2) is 106 Å². The third kappa shape index (κ3) is 9.33. The van der Waals surface area contributed by atoms with Gasteiger partial charge in [-0.1, -0.05) is 65.5 Å². The minimum atomic E-state index is -4.43. The standard InChI is InChI=1S/C37H28F4N2O5/c38-32-19-20-33(47-21-1-2-24-10-17-31(18-11-24)37(39,40)41)30(23-32)16-9-26(22-27-7-14-29(15-8-27)35(44)45)4-3-25-5-12-28(13-6-25)34-42-36(46)48-43-34/h5-20,23,26H,3-4,21-22H2,(H,44,45)(H,42,43,46). The second-order valence-electron chi connectivity index (χ2n) is 10.9. The van der Waals surface area contributed by atoms with E-state index in [0.717, 1.165) is 23.3 Å². The van der Waals surface area contributed by atoms with E-state index in [4.69, 9.17) is 4.74 Å². The fourth-order valence-electron chi connectivity index (χ4n) is 4.90. The number of rotatable bonds is 11. The Morgan fingerprint density at radius 3 is 2.33 bits per heavy atom. The van der Waals surface area contributed by atoms with Crippen molar-refractivity contribution >= 4 is 12.0 Å². The SMILES string of the molecule is O=C(O)c1ccc(CC(C=Cc2cc(F)ccc2OCC#Cc2ccc(C(F)(F)F)cc2)CCc2ccc(-c3noc(=O)[nH]3)cc2)cc1. The molecule has 0 fully saturated rings. The van der Waals surface area contributed by atoms with Gasteiger partial charge in [0.2, 0.25) is 0 Å². The van der Waals surface area contributed by atoms with Crippen LogP contribution in [0.3, 0.4) is 0 Å². The van der Waals surface area contributed by atoms with Crippen LogP contribution in [0.5, 0.6) is 5.75 Å². The molecule has 1 aromatic heterocycles. The van der Waals surface area contributed by atoms with Crippen molar-refractivity contribution in [3.05, 3.63) is 147 Å². The molecule has 5 aromatic rings. The zero-order valence-corrected chi connectivity index (χ0v) is 25.3. The Hall–Kier alpha value is -5.89. The van der Waals surface area contributed by atoms with Crippen LogP contribution in [-0.4, -0.2) is 27.8 Å². The maximum Gasteiger partial charge on any atom is 0.439 e. The van der Waals surface area contributed by atoms with Crippen LogP contribution in [0, 0.1) is 23.6 Å². The number of carbonyl (C=O) groups is 1. The molecule has 0 bridgehead atoms. The van der Waals surface area contributed by atoms with E-state index in [1.54, 1.807) is 30.3 Å². The Labute approximate surface area is 272 Å². The number of allylic oxidation sites excluding steroid dienone is 1. The van der Waals surface area contributed by atoms with E-state index in [9.17, 15) is 32.3 Å². The number of aromatic carboxylic acids is 1. The Kier molecular flexibility index (Phi) is 10.6. The summed E-state index contributed by atoms with van der Waals surface area (Å²) in [6.45, 7) is -0.0783. The van der Waals surface area contributed by atoms with Gasteiger partial charge in [0.25, 0.3) is 0 Å². The number of ether oxygens (including phenoxy) is 1. The number of H-pyrrole nitrogens is 1. The minimum absolute atomic E-state index is 0.0390. The molecule has 0 aliphatic carbocycles. The van der Waals surface area contributed by atoms with E-state index in [1.807, 2.05) is 30.3 Å². The van der Waals surface area contributed by atoms with E-state index in [1.165, 1.54) is 30.3 Å². The van der Waals surface area contributed by atoms with E-state index in [0.29, 0.717) is 47.5 Å². The number of halogens is 4.